The van der Waals surface area contributed by atoms with Crippen molar-refractivity contribution in [3.8, 4) is 0 Å². The topological polar surface area (TPSA) is 50.2 Å². The third-order valence-electron chi connectivity index (χ3n) is 5.62. The fourth-order valence-electron chi connectivity index (χ4n) is 3.69. The number of benzene rings is 1. The highest BCUT2D eigenvalue weighted by Gasteiger charge is 2.23. The van der Waals surface area contributed by atoms with Gasteiger partial charge in [-0.1, -0.05) is 18.2 Å². The third kappa shape index (κ3) is 4.09. The third-order valence-corrected chi connectivity index (χ3v) is 5.62. The van der Waals surface area contributed by atoms with E-state index in [1.807, 2.05) is 11.6 Å². The number of carbonyl (C=O) groups excluding carboxylic acids is 1. The van der Waals surface area contributed by atoms with Gasteiger partial charge in [0, 0.05) is 44.0 Å². The molecule has 1 amide bonds. The van der Waals surface area contributed by atoms with E-state index in [1.54, 1.807) is 0 Å². The molecule has 0 radical (unpaired) electrons. The maximum atomic E-state index is 12.2. The van der Waals surface area contributed by atoms with Crippen molar-refractivity contribution in [3.63, 3.8) is 0 Å². The van der Waals surface area contributed by atoms with E-state index in [1.165, 1.54) is 16.8 Å². The summed E-state index contributed by atoms with van der Waals surface area (Å²) < 4.78 is 1.94. The first-order valence-electron chi connectivity index (χ1n) is 9.53. The molecule has 0 bridgehead atoms. The summed E-state index contributed by atoms with van der Waals surface area (Å²) in [4.78, 5) is 14.7. The van der Waals surface area contributed by atoms with Gasteiger partial charge in [0.15, 0.2) is 0 Å². The highest BCUT2D eigenvalue weighted by atomic mass is 16.1. The number of aryl methyl sites for hydroxylation is 3. The van der Waals surface area contributed by atoms with E-state index < -0.39 is 0 Å². The van der Waals surface area contributed by atoms with Crippen molar-refractivity contribution in [1.82, 2.24) is 15.1 Å². The monoisotopic (exact) mass is 354 g/mol. The molecule has 3 rings (SSSR count). The SMILES string of the molecule is Cc1ccccc1N1CC[C@@H](CNC(=O)CCn2nc(C)c(C)c2C)C1. The number of rotatable bonds is 6. The molecule has 140 valence electrons. The first-order valence-corrected chi connectivity index (χ1v) is 9.53. The van der Waals surface area contributed by atoms with E-state index in [9.17, 15) is 4.79 Å². The van der Waals surface area contributed by atoms with Gasteiger partial charge >= 0.3 is 0 Å². The van der Waals surface area contributed by atoms with E-state index in [-0.39, 0.29) is 5.91 Å². The molecule has 1 aliphatic rings. The molecule has 1 aromatic carbocycles. The number of carbonyl (C=O) groups is 1. The van der Waals surface area contributed by atoms with Crippen LogP contribution in [-0.2, 0) is 11.3 Å². The van der Waals surface area contributed by atoms with Crippen LogP contribution in [0.2, 0.25) is 0 Å². The van der Waals surface area contributed by atoms with Gasteiger partial charge in [0.1, 0.15) is 0 Å². The molecule has 2 aromatic rings. The molecule has 0 spiro atoms. The number of amides is 1. The van der Waals surface area contributed by atoms with E-state index >= 15 is 0 Å². The Morgan fingerprint density at radius 3 is 2.69 bits per heavy atom. The lowest BCUT2D eigenvalue weighted by Crippen LogP contribution is -2.31. The number of hydrogen-bond acceptors (Lipinski definition) is 3. The summed E-state index contributed by atoms with van der Waals surface area (Å²) in [6.07, 6.45) is 1.61. The summed E-state index contributed by atoms with van der Waals surface area (Å²) in [6.45, 7) is 11.8. The van der Waals surface area contributed by atoms with Gasteiger partial charge in [0.2, 0.25) is 5.91 Å². The molecule has 5 nitrogen and oxygen atoms in total. The van der Waals surface area contributed by atoms with Gasteiger partial charge in [-0.15, -0.1) is 0 Å². The van der Waals surface area contributed by atoms with Crippen LogP contribution in [0.4, 0.5) is 5.69 Å². The van der Waals surface area contributed by atoms with Crippen molar-refractivity contribution < 1.29 is 4.79 Å². The Kier molecular flexibility index (Phi) is 5.64. The zero-order valence-electron chi connectivity index (χ0n) is 16.4. The Morgan fingerprint density at radius 2 is 2.00 bits per heavy atom. The van der Waals surface area contributed by atoms with Gasteiger partial charge in [-0.3, -0.25) is 9.48 Å². The molecule has 0 saturated carbocycles. The van der Waals surface area contributed by atoms with Crippen LogP contribution >= 0.6 is 0 Å². The first-order chi connectivity index (χ1) is 12.5. The summed E-state index contributed by atoms with van der Waals surface area (Å²) in [5.41, 5.74) is 6.05. The van der Waals surface area contributed by atoms with Crippen molar-refractivity contribution in [3.05, 3.63) is 46.8 Å². The summed E-state index contributed by atoms with van der Waals surface area (Å²) in [6, 6.07) is 8.52. The van der Waals surface area contributed by atoms with Crippen molar-refractivity contribution >= 4 is 11.6 Å². The fourth-order valence-corrected chi connectivity index (χ4v) is 3.69. The van der Waals surface area contributed by atoms with Crippen molar-refractivity contribution in [2.45, 2.75) is 47.1 Å². The second-order valence-corrected chi connectivity index (χ2v) is 7.46. The van der Waals surface area contributed by atoms with Gasteiger partial charge in [0.25, 0.3) is 0 Å². The summed E-state index contributed by atoms with van der Waals surface area (Å²) >= 11 is 0. The number of nitrogens with zero attached hydrogens (tertiary/aromatic N) is 3. The van der Waals surface area contributed by atoms with Gasteiger partial charge in [-0.25, -0.2) is 0 Å². The average Bonchev–Trinajstić information content (AvgIpc) is 3.19. The molecule has 2 heterocycles. The number of aromatic nitrogens is 2. The van der Waals surface area contributed by atoms with Gasteiger partial charge < -0.3 is 10.2 Å². The fraction of sp³-hybridized carbons (Fsp3) is 0.524. The van der Waals surface area contributed by atoms with Gasteiger partial charge in [-0.05, 0) is 57.2 Å². The lowest BCUT2D eigenvalue weighted by molar-refractivity contribution is -0.121. The summed E-state index contributed by atoms with van der Waals surface area (Å²) in [5.74, 6) is 0.638. The van der Waals surface area contributed by atoms with Crippen LogP contribution in [0.5, 0.6) is 0 Å². The minimum Gasteiger partial charge on any atom is -0.371 e. The number of para-hydroxylation sites is 1. The largest absolute Gasteiger partial charge is 0.371 e. The molecule has 1 aromatic heterocycles. The lowest BCUT2D eigenvalue weighted by atomic mass is 10.1. The number of anilines is 1. The van der Waals surface area contributed by atoms with Crippen molar-refractivity contribution in [1.29, 1.82) is 0 Å². The Morgan fingerprint density at radius 1 is 1.23 bits per heavy atom. The average molecular weight is 354 g/mol. The highest BCUT2D eigenvalue weighted by Crippen LogP contribution is 2.26. The van der Waals surface area contributed by atoms with Crippen LogP contribution in [0.1, 0.15) is 35.4 Å². The second kappa shape index (κ2) is 7.94. The first kappa shape index (κ1) is 18.5. The Labute approximate surface area is 156 Å². The second-order valence-electron chi connectivity index (χ2n) is 7.46. The Balaban J connectivity index is 1.44. The molecule has 5 heteroatoms. The number of hydrogen-bond donors (Lipinski definition) is 1. The van der Waals surface area contributed by atoms with Crippen LogP contribution < -0.4 is 10.2 Å². The normalized spacial score (nSPS) is 16.9. The molecular formula is C21H30N4O. The van der Waals surface area contributed by atoms with Crippen LogP contribution in [0.3, 0.4) is 0 Å². The Bertz CT molecular complexity index is 780. The van der Waals surface area contributed by atoms with Crippen LogP contribution in [0, 0.1) is 33.6 Å². The lowest BCUT2D eigenvalue weighted by Gasteiger charge is -2.21. The predicted molar refractivity (Wildman–Crippen MR) is 106 cm³/mol. The minimum atomic E-state index is 0.115. The van der Waals surface area contributed by atoms with E-state index in [0.29, 0.717) is 18.9 Å². The molecular weight excluding hydrogens is 324 g/mol. The molecule has 26 heavy (non-hydrogen) atoms. The molecule has 0 unspecified atom stereocenters. The predicted octanol–water partition coefficient (Wildman–Crippen LogP) is 3.15. The standard InChI is InChI=1S/C21H30N4O/c1-15-7-5-6-8-20(15)24-11-9-19(14-24)13-22-21(26)10-12-25-18(4)16(2)17(3)23-25/h5-8,19H,9-14H2,1-4H3,(H,22,26)/t19-/m0/s1. The zero-order valence-corrected chi connectivity index (χ0v) is 16.4. The Hall–Kier alpha value is -2.30. The van der Waals surface area contributed by atoms with Crippen molar-refractivity contribution in [2.75, 3.05) is 24.5 Å². The van der Waals surface area contributed by atoms with E-state index in [2.05, 4.69) is 60.4 Å². The molecule has 0 aliphatic carbocycles. The molecule has 1 fully saturated rings. The zero-order chi connectivity index (χ0) is 18.7. The molecule has 1 saturated heterocycles. The smallest absolute Gasteiger partial charge is 0.221 e. The van der Waals surface area contributed by atoms with Crippen LogP contribution in [-0.4, -0.2) is 35.3 Å². The van der Waals surface area contributed by atoms with Gasteiger partial charge in [-0.2, -0.15) is 5.10 Å². The van der Waals surface area contributed by atoms with E-state index in [4.69, 9.17) is 0 Å². The molecule has 1 atom stereocenters. The highest BCUT2D eigenvalue weighted by molar-refractivity contribution is 5.75. The van der Waals surface area contributed by atoms with Gasteiger partial charge in [0.05, 0.1) is 5.69 Å². The number of nitrogens with one attached hydrogen (secondary N) is 1. The molecule has 1 N–H and O–H groups in total. The minimum absolute atomic E-state index is 0.115. The maximum Gasteiger partial charge on any atom is 0.221 e. The van der Waals surface area contributed by atoms with Crippen molar-refractivity contribution in [2.24, 2.45) is 5.92 Å². The van der Waals surface area contributed by atoms with Crippen LogP contribution in [0.15, 0.2) is 24.3 Å². The summed E-state index contributed by atoms with van der Waals surface area (Å²) in [5, 5.41) is 7.62. The maximum absolute atomic E-state index is 12.2. The summed E-state index contributed by atoms with van der Waals surface area (Å²) in [7, 11) is 0. The molecule has 1 aliphatic heterocycles. The van der Waals surface area contributed by atoms with Crippen LogP contribution in [0.25, 0.3) is 0 Å². The quantitative estimate of drug-likeness (QED) is 0.867. The van der Waals surface area contributed by atoms with E-state index in [0.717, 1.165) is 37.4 Å².